The Morgan fingerprint density at radius 2 is 1.90 bits per heavy atom. The highest BCUT2D eigenvalue weighted by molar-refractivity contribution is 6.33. The Labute approximate surface area is 182 Å². The van der Waals surface area contributed by atoms with Crippen LogP contribution in [0.15, 0.2) is 58.6 Å². The number of ether oxygens (including phenoxy) is 1. The van der Waals surface area contributed by atoms with Gasteiger partial charge in [0.05, 0.1) is 18.7 Å². The maximum Gasteiger partial charge on any atom is 0.254 e. The highest BCUT2D eigenvalue weighted by atomic mass is 35.5. The van der Waals surface area contributed by atoms with E-state index in [0.29, 0.717) is 11.1 Å². The summed E-state index contributed by atoms with van der Waals surface area (Å²) in [5.74, 6) is 0.866. The molecule has 1 fully saturated rings. The third-order valence-electron chi connectivity index (χ3n) is 6.40. The van der Waals surface area contributed by atoms with Crippen LogP contribution in [0.1, 0.15) is 42.5 Å². The molecule has 1 heterocycles. The van der Waals surface area contributed by atoms with E-state index in [2.05, 4.69) is 9.89 Å². The van der Waals surface area contributed by atoms with Crippen molar-refractivity contribution in [3.8, 4) is 16.9 Å². The molecule has 4 nitrogen and oxygen atoms in total. The molecule has 2 aliphatic carbocycles. The van der Waals surface area contributed by atoms with E-state index in [4.69, 9.17) is 16.3 Å². The van der Waals surface area contributed by atoms with Gasteiger partial charge in [-0.2, -0.15) is 0 Å². The Bertz CT molecular complexity index is 1040. The summed E-state index contributed by atoms with van der Waals surface area (Å²) in [5, 5.41) is 0.637. The molecule has 0 saturated heterocycles. The fraction of sp³-hybridized carbons (Fsp3) is 0.360. The zero-order valence-corrected chi connectivity index (χ0v) is 17.9. The number of benzene rings is 2. The van der Waals surface area contributed by atoms with Gasteiger partial charge in [0, 0.05) is 29.4 Å². The van der Waals surface area contributed by atoms with Crippen molar-refractivity contribution in [2.24, 2.45) is 4.99 Å². The molecule has 5 heteroatoms. The van der Waals surface area contributed by atoms with Crippen LogP contribution in [0.2, 0.25) is 5.02 Å². The minimum Gasteiger partial charge on any atom is -0.496 e. The lowest BCUT2D eigenvalue weighted by atomic mass is 9.88. The third kappa shape index (κ3) is 3.54. The molecule has 1 aliphatic heterocycles. The van der Waals surface area contributed by atoms with Crippen LogP contribution in [-0.2, 0) is 0 Å². The van der Waals surface area contributed by atoms with Gasteiger partial charge in [0.15, 0.2) is 0 Å². The van der Waals surface area contributed by atoms with Gasteiger partial charge in [-0.25, -0.2) is 0 Å². The van der Waals surface area contributed by atoms with Crippen molar-refractivity contribution in [1.29, 1.82) is 0 Å². The lowest BCUT2D eigenvalue weighted by Gasteiger charge is -2.35. The molecule has 0 radical (unpaired) electrons. The fourth-order valence-electron chi connectivity index (χ4n) is 4.70. The first-order valence-corrected chi connectivity index (χ1v) is 11.0. The molecule has 2 aromatic rings. The van der Waals surface area contributed by atoms with Crippen LogP contribution >= 0.6 is 11.6 Å². The predicted octanol–water partition coefficient (Wildman–Crippen LogP) is 5.55. The molecule has 3 aliphatic rings. The van der Waals surface area contributed by atoms with Crippen LogP contribution in [0.5, 0.6) is 5.75 Å². The second kappa shape index (κ2) is 7.92. The van der Waals surface area contributed by atoms with Gasteiger partial charge in [-0.1, -0.05) is 29.8 Å². The van der Waals surface area contributed by atoms with E-state index in [1.54, 1.807) is 7.11 Å². The average Bonchev–Trinajstić information content (AvgIpc) is 3.49. The third-order valence-corrected chi connectivity index (χ3v) is 6.72. The molecule has 1 atom stereocenters. The number of halogens is 1. The van der Waals surface area contributed by atoms with E-state index in [1.807, 2.05) is 48.7 Å². The Morgan fingerprint density at radius 1 is 1.10 bits per heavy atom. The number of aliphatic imine (C=N–C) groups is 1. The largest absolute Gasteiger partial charge is 0.496 e. The SMILES string of the molecule is COc1cccc(Cl)c1-c1ccc(C(=O)N(C2CC2)C2CCC3=C(C=NC3)C2)cc1. The number of amides is 1. The molecule has 1 saturated carbocycles. The van der Waals surface area contributed by atoms with Gasteiger partial charge in [-0.15, -0.1) is 0 Å². The summed E-state index contributed by atoms with van der Waals surface area (Å²) in [6, 6.07) is 14.0. The molecule has 0 spiro atoms. The topological polar surface area (TPSA) is 41.9 Å². The van der Waals surface area contributed by atoms with Crippen LogP contribution in [0.4, 0.5) is 0 Å². The summed E-state index contributed by atoms with van der Waals surface area (Å²) in [5.41, 5.74) is 5.35. The van der Waals surface area contributed by atoms with Gasteiger partial charge in [-0.3, -0.25) is 9.79 Å². The van der Waals surface area contributed by atoms with Gasteiger partial charge in [0.2, 0.25) is 0 Å². The Hall–Kier alpha value is -2.59. The molecule has 0 aromatic heterocycles. The summed E-state index contributed by atoms with van der Waals surface area (Å²) >= 11 is 6.42. The molecular formula is C25H25ClN2O2. The number of rotatable bonds is 5. The number of methoxy groups -OCH3 is 1. The van der Waals surface area contributed by atoms with Crippen LogP contribution in [-0.4, -0.2) is 42.8 Å². The Morgan fingerprint density at radius 3 is 2.63 bits per heavy atom. The molecule has 1 amide bonds. The van der Waals surface area contributed by atoms with Gasteiger partial charge in [0.1, 0.15) is 5.75 Å². The number of carbonyl (C=O) groups is 1. The first-order valence-electron chi connectivity index (χ1n) is 10.6. The summed E-state index contributed by atoms with van der Waals surface area (Å²) in [7, 11) is 1.64. The van der Waals surface area contributed by atoms with E-state index < -0.39 is 0 Å². The second-order valence-electron chi connectivity index (χ2n) is 8.33. The van der Waals surface area contributed by atoms with E-state index in [-0.39, 0.29) is 11.9 Å². The van der Waals surface area contributed by atoms with E-state index in [0.717, 1.165) is 61.1 Å². The Balaban J connectivity index is 1.40. The van der Waals surface area contributed by atoms with Crippen LogP contribution in [0.3, 0.4) is 0 Å². The van der Waals surface area contributed by atoms with Crippen molar-refractivity contribution < 1.29 is 9.53 Å². The van der Waals surface area contributed by atoms with Gasteiger partial charge < -0.3 is 9.64 Å². The van der Waals surface area contributed by atoms with Crippen molar-refractivity contribution in [3.63, 3.8) is 0 Å². The number of nitrogens with zero attached hydrogens (tertiary/aromatic N) is 2. The maximum absolute atomic E-state index is 13.5. The average molecular weight is 421 g/mol. The highest BCUT2D eigenvalue weighted by Gasteiger charge is 2.39. The van der Waals surface area contributed by atoms with Gasteiger partial charge >= 0.3 is 0 Å². The molecule has 1 unspecified atom stereocenters. The summed E-state index contributed by atoms with van der Waals surface area (Å²) < 4.78 is 5.48. The first kappa shape index (κ1) is 19.4. The lowest BCUT2D eigenvalue weighted by molar-refractivity contribution is 0.0645. The predicted molar refractivity (Wildman–Crippen MR) is 121 cm³/mol. The van der Waals surface area contributed by atoms with Crippen molar-refractivity contribution in [2.45, 2.75) is 44.2 Å². The van der Waals surface area contributed by atoms with Crippen LogP contribution in [0, 0.1) is 0 Å². The summed E-state index contributed by atoms with van der Waals surface area (Å²) in [6.07, 6.45) is 7.27. The molecule has 2 aromatic carbocycles. The molecule has 0 N–H and O–H groups in total. The highest BCUT2D eigenvalue weighted by Crippen LogP contribution is 2.39. The van der Waals surface area contributed by atoms with Crippen LogP contribution in [0.25, 0.3) is 11.1 Å². The quantitative estimate of drug-likeness (QED) is 0.636. The van der Waals surface area contributed by atoms with Crippen molar-refractivity contribution in [2.75, 3.05) is 13.7 Å². The molecule has 0 bridgehead atoms. The van der Waals surface area contributed by atoms with E-state index in [9.17, 15) is 4.79 Å². The summed E-state index contributed by atoms with van der Waals surface area (Å²) in [4.78, 5) is 20.1. The second-order valence-corrected chi connectivity index (χ2v) is 8.74. The van der Waals surface area contributed by atoms with Crippen molar-refractivity contribution >= 4 is 23.7 Å². The fourth-order valence-corrected chi connectivity index (χ4v) is 4.97. The molecule has 154 valence electrons. The molecule has 5 rings (SSSR count). The summed E-state index contributed by atoms with van der Waals surface area (Å²) in [6.45, 7) is 0.854. The lowest BCUT2D eigenvalue weighted by Crippen LogP contribution is -2.43. The zero-order valence-electron chi connectivity index (χ0n) is 17.1. The van der Waals surface area contributed by atoms with Gasteiger partial charge in [0.25, 0.3) is 5.91 Å². The van der Waals surface area contributed by atoms with E-state index >= 15 is 0 Å². The van der Waals surface area contributed by atoms with Crippen molar-refractivity contribution in [3.05, 3.63) is 64.2 Å². The smallest absolute Gasteiger partial charge is 0.254 e. The first-order chi connectivity index (χ1) is 14.7. The zero-order chi connectivity index (χ0) is 20.7. The molecule has 30 heavy (non-hydrogen) atoms. The standard InChI is InChI=1S/C25H25ClN2O2/c1-30-23-4-2-3-22(26)24(23)16-5-7-17(8-6-16)25(29)28(20-11-12-20)21-10-9-18-14-27-15-19(18)13-21/h2-8,15,20-21H,9-14H2,1H3. The molecular weight excluding hydrogens is 396 g/mol. The maximum atomic E-state index is 13.5. The number of hydrogen-bond donors (Lipinski definition) is 0. The normalized spacial score (nSPS) is 20.3. The van der Waals surface area contributed by atoms with E-state index in [1.165, 1.54) is 11.1 Å². The minimum atomic E-state index is 0.138. The minimum absolute atomic E-state index is 0.138. The van der Waals surface area contributed by atoms with Crippen LogP contribution < -0.4 is 4.74 Å². The number of carbonyl (C=O) groups excluding carboxylic acids is 1. The Kier molecular flexibility index (Phi) is 5.11. The van der Waals surface area contributed by atoms with Gasteiger partial charge in [-0.05, 0) is 73.1 Å². The number of hydrogen-bond acceptors (Lipinski definition) is 3. The monoisotopic (exact) mass is 420 g/mol. The van der Waals surface area contributed by atoms with Crippen molar-refractivity contribution in [1.82, 2.24) is 4.90 Å².